The highest BCUT2D eigenvalue weighted by atomic mass is 16.5. The summed E-state index contributed by atoms with van der Waals surface area (Å²) in [7, 11) is 3.38. The molecule has 0 aliphatic carbocycles. The molecule has 0 unspecified atom stereocenters. The van der Waals surface area contributed by atoms with Gasteiger partial charge in [0.1, 0.15) is 11.6 Å². The van der Waals surface area contributed by atoms with Crippen LogP contribution in [0.3, 0.4) is 0 Å². The second-order valence-corrected chi connectivity index (χ2v) is 5.59. The number of aromatic nitrogens is 2. The Morgan fingerprint density at radius 2 is 1.88 bits per heavy atom. The van der Waals surface area contributed by atoms with E-state index in [1.54, 1.807) is 43.1 Å². The molecule has 0 fully saturated rings. The summed E-state index contributed by atoms with van der Waals surface area (Å²) in [5.41, 5.74) is 3.56. The van der Waals surface area contributed by atoms with Crippen LogP contribution in [0.15, 0.2) is 54.6 Å². The summed E-state index contributed by atoms with van der Waals surface area (Å²) in [6.07, 6.45) is 0. The molecule has 3 rings (SSSR count). The average molecular weight is 321 g/mol. The number of methoxy groups -OCH3 is 1. The summed E-state index contributed by atoms with van der Waals surface area (Å²) in [6, 6.07) is 17.0. The van der Waals surface area contributed by atoms with E-state index >= 15 is 0 Å². The van der Waals surface area contributed by atoms with E-state index in [4.69, 9.17) is 4.74 Å². The molecule has 0 saturated carbocycles. The monoisotopic (exact) mass is 321 g/mol. The quantitative estimate of drug-likeness (QED) is 0.798. The highest BCUT2D eigenvalue weighted by Gasteiger charge is 2.12. The second kappa shape index (κ2) is 6.58. The lowest BCUT2D eigenvalue weighted by Crippen LogP contribution is -2.14. The maximum atomic E-state index is 12.4. The van der Waals surface area contributed by atoms with Crippen LogP contribution < -0.4 is 10.1 Å². The predicted octanol–water partition coefficient (Wildman–Crippen LogP) is 3.66. The number of rotatable bonds is 4. The second-order valence-electron chi connectivity index (χ2n) is 5.59. The van der Waals surface area contributed by atoms with Crippen LogP contribution in [0.1, 0.15) is 15.9 Å². The normalized spacial score (nSPS) is 10.5. The van der Waals surface area contributed by atoms with Gasteiger partial charge in [-0.3, -0.25) is 9.48 Å². The standard InChI is InChI=1S/C19H19N3O2/c1-13-7-9-14(10-8-13)17-12-18(22(2)21-17)20-19(23)15-5-4-6-16(11-15)24-3/h4-12H,1-3H3,(H,20,23). The molecule has 1 N–H and O–H groups in total. The zero-order valence-electron chi connectivity index (χ0n) is 13.9. The number of anilines is 1. The Morgan fingerprint density at radius 3 is 2.58 bits per heavy atom. The summed E-state index contributed by atoms with van der Waals surface area (Å²) >= 11 is 0. The van der Waals surface area contributed by atoms with E-state index in [0.717, 1.165) is 11.3 Å². The van der Waals surface area contributed by atoms with Gasteiger partial charge >= 0.3 is 0 Å². The van der Waals surface area contributed by atoms with Crippen molar-refractivity contribution in [2.45, 2.75) is 6.92 Å². The summed E-state index contributed by atoms with van der Waals surface area (Å²) in [4.78, 5) is 12.4. The van der Waals surface area contributed by atoms with Crippen molar-refractivity contribution in [3.05, 3.63) is 65.7 Å². The van der Waals surface area contributed by atoms with Gasteiger partial charge in [0, 0.05) is 24.2 Å². The van der Waals surface area contributed by atoms with Gasteiger partial charge in [0.25, 0.3) is 5.91 Å². The molecule has 0 radical (unpaired) electrons. The minimum absolute atomic E-state index is 0.202. The first-order chi connectivity index (χ1) is 11.6. The van der Waals surface area contributed by atoms with Crippen LogP contribution in [0.25, 0.3) is 11.3 Å². The van der Waals surface area contributed by atoms with Gasteiger partial charge in [-0.25, -0.2) is 0 Å². The highest BCUT2D eigenvalue weighted by Crippen LogP contribution is 2.22. The Labute approximate surface area is 140 Å². The summed E-state index contributed by atoms with van der Waals surface area (Å²) in [5, 5.41) is 7.35. The molecule has 5 heteroatoms. The summed E-state index contributed by atoms with van der Waals surface area (Å²) in [6.45, 7) is 2.04. The van der Waals surface area contributed by atoms with Crippen LogP contribution in [0, 0.1) is 6.92 Å². The van der Waals surface area contributed by atoms with Crippen LogP contribution >= 0.6 is 0 Å². The molecule has 0 saturated heterocycles. The van der Waals surface area contributed by atoms with Crippen molar-refractivity contribution in [1.82, 2.24) is 9.78 Å². The number of aryl methyl sites for hydroxylation is 2. The first-order valence-corrected chi connectivity index (χ1v) is 7.63. The van der Waals surface area contributed by atoms with Crippen LogP contribution in [0.2, 0.25) is 0 Å². The minimum Gasteiger partial charge on any atom is -0.497 e. The largest absolute Gasteiger partial charge is 0.497 e. The molecule has 0 aliphatic rings. The molecule has 0 bridgehead atoms. The van der Waals surface area contributed by atoms with Crippen LogP contribution in [0.5, 0.6) is 5.75 Å². The van der Waals surface area contributed by atoms with Gasteiger partial charge in [-0.05, 0) is 25.1 Å². The van der Waals surface area contributed by atoms with Crippen LogP contribution in [-0.2, 0) is 7.05 Å². The van der Waals surface area contributed by atoms with Crippen molar-refractivity contribution in [2.24, 2.45) is 7.05 Å². The molecule has 3 aromatic rings. The van der Waals surface area contributed by atoms with Gasteiger partial charge in [0.2, 0.25) is 0 Å². The van der Waals surface area contributed by atoms with Crippen molar-refractivity contribution in [1.29, 1.82) is 0 Å². The average Bonchev–Trinajstić information content (AvgIpc) is 2.96. The zero-order valence-corrected chi connectivity index (χ0v) is 13.9. The van der Waals surface area contributed by atoms with Crippen molar-refractivity contribution in [3.63, 3.8) is 0 Å². The molecule has 0 aliphatic heterocycles. The maximum Gasteiger partial charge on any atom is 0.256 e. The molecule has 0 atom stereocenters. The molecule has 5 nitrogen and oxygen atoms in total. The number of hydrogen-bond donors (Lipinski definition) is 1. The highest BCUT2D eigenvalue weighted by molar-refractivity contribution is 6.04. The van der Waals surface area contributed by atoms with E-state index < -0.39 is 0 Å². The zero-order chi connectivity index (χ0) is 17.1. The molecule has 24 heavy (non-hydrogen) atoms. The Balaban J connectivity index is 1.82. The fraction of sp³-hybridized carbons (Fsp3) is 0.158. The van der Waals surface area contributed by atoms with Gasteiger partial charge in [0.15, 0.2) is 0 Å². The van der Waals surface area contributed by atoms with Gasteiger partial charge in [0.05, 0.1) is 12.8 Å². The lowest BCUT2D eigenvalue weighted by atomic mass is 10.1. The van der Waals surface area contributed by atoms with Gasteiger partial charge in [-0.2, -0.15) is 5.10 Å². The molecular formula is C19H19N3O2. The molecule has 122 valence electrons. The van der Waals surface area contributed by atoms with E-state index in [1.807, 2.05) is 37.3 Å². The van der Waals surface area contributed by atoms with Gasteiger partial charge < -0.3 is 10.1 Å². The molecule has 0 spiro atoms. The van der Waals surface area contributed by atoms with Crippen LogP contribution in [-0.4, -0.2) is 22.8 Å². The lowest BCUT2D eigenvalue weighted by molar-refractivity contribution is 0.102. The third-order valence-corrected chi connectivity index (χ3v) is 3.80. The summed E-state index contributed by atoms with van der Waals surface area (Å²) < 4.78 is 6.81. The lowest BCUT2D eigenvalue weighted by Gasteiger charge is -2.06. The maximum absolute atomic E-state index is 12.4. The molecule has 2 aromatic carbocycles. The van der Waals surface area contributed by atoms with Gasteiger partial charge in [-0.15, -0.1) is 0 Å². The van der Waals surface area contributed by atoms with Gasteiger partial charge in [-0.1, -0.05) is 35.9 Å². The number of nitrogens with zero attached hydrogens (tertiary/aromatic N) is 2. The molecule has 1 aromatic heterocycles. The van der Waals surface area contributed by atoms with E-state index in [2.05, 4.69) is 10.4 Å². The van der Waals surface area contributed by atoms with Crippen molar-refractivity contribution in [2.75, 3.05) is 12.4 Å². The third kappa shape index (κ3) is 3.30. The SMILES string of the molecule is COc1cccc(C(=O)Nc2cc(-c3ccc(C)cc3)nn2C)c1. The minimum atomic E-state index is -0.202. The number of amides is 1. The van der Waals surface area contributed by atoms with E-state index in [9.17, 15) is 4.79 Å². The van der Waals surface area contributed by atoms with Crippen molar-refractivity contribution >= 4 is 11.7 Å². The number of nitrogens with one attached hydrogen (secondary N) is 1. The Morgan fingerprint density at radius 1 is 1.12 bits per heavy atom. The fourth-order valence-electron chi connectivity index (χ4n) is 2.40. The van der Waals surface area contributed by atoms with E-state index in [1.165, 1.54) is 5.56 Å². The fourth-order valence-corrected chi connectivity index (χ4v) is 2.40. The Hall–Kier alpha value is -3.08. The Bertz CT molecular complexity index is 867. The number of carbonyl (C=O) groups is 1. The van der Waals surface area contributed by atoms with E-state index in [0.29, 0.717) is 17.1 Å². The van der Waals surface area contributed by atoms with Crippen LogP contribution in [0.4, 0.5) is 5.82 Å². The Kier molecular flexibility index (Phi) is 4.33. The molecule has 1 heterocycles. The molecule has 1 amide bonds. The van der Waals surface area contributed by atoms with Crippen molar-refractivity contribution in [3.8, 4) is 17.0 Å². The number of hydrogen-bond acceptors (Lipinski definition) is 3. The smallest absolute Gasteiger partial charge is 0.256 e. The molecular weight excluding hydrogens is 302 g/mol. The topological polar surface area (TPSA) is 56.1 Å². The third-order valence-electron chi connectivity index (χ3n) is 3.80. The number of carbonyl (C=O) groups excluding carboxylic acids is 1. The van der Waals surface area contributed by atoms with E-state index in [-0.39, 0.29) is 5.91 Å². The summed E-state index contributed by atoms with van der Waals surface area (Å²) in [5.74, 6) is 1.08. The van der Waals surface area contributed by atoms with Crippen molar-refractivity contribution < 1.29 is 9.53 Å². The first kappa shape index (κ1) is 15.8. The number of ether oxygens (including phenoxy) is 1. The number of benzene rings is 2. The first-order valence-electron chi connectivity index (χ1n) is 7.63. The predicted molar refractivity (Wildman–Crippen MR) is 94.3 cm³/mol.